The van der Waals surface area contributed by atoms with Crippen molar-refractivity contribution in [2.45, 2.75) is 0 Å². The van der Waals surface area contributed by atoms with E-state index in [2.05, 4.69) is 31.4 Å². The Labute approximate surface area is 175 Å². The predicted molar refractivity (Wildman–Crippen MR) is 116 cm³/mol. The molecule has 6 heteroatoms. The lowest BCUT2D eigenvalue weighted by atomic mass is 10.0. The van der Waals surface area contributed by atoms with Crippen molar-refractivity contribution in [3.8, 4) is 11.3 Å². The number of hydrogen-bond acceptors (Lipinski definition) is 3. The molecule has 1 heterocycles. The van der Waals surface area contributed by atoms with E-state index in [0.29, 0.717) is 27.7 Å². The van der Waals surface area contributed by atoms with Crippen LogP contribution in [-0.4, -0.2) is 17.1 Å². The molecular weight excluding hydrogens is 433 g/mol. The molecular formula is C23H15BrFN3O. The van der Waals surface area contributed by atoms with Crippen molar-refractivity contribution in [2.24, 2.45) is 5.10 Å². The van der Waals surface area contributed by atoms with Crippen LogP contribution in [0.4, 0.5) is 4.39 Å². The van der Waals surface area contributed by atoms with Gasteiger partial charge in [-0.3, -0.25) is 4.79 Å². The normalized spacial score (nSPS) is 11.1. The number of nitrogens with one attached hydrogen (secondary N) is 1. The molecule has 0 saturated carbocycles. The maximum Gasteiger partial charge on any atom is 0.272 e. The number of halogens is 2. The summed E-state index contributed by atoms with van der Waals surface area (Å²) in [7, 11) is 0. The summed E-state index contributed by atoms with van der Waals surface area (Å²) in [5.41, 5.74) is 5.50. The first-order valence-corrected chi connectivity index (χ1v) is 9.65. The Morgan fingerprint density at radius 3 is 2.52 bits per heavy atom. The highest BCUT2D eigenvalue weighted by Gasteiger charge is 2.13. The summed E-state index contributed by atoms with van der Waals surface area (Å²) in [5, 5.41) is 4.62. The van der Waals surface area contributed by atoms with Crippen molar-refractivity contribution in [3.63, 3.8) is 0 Å². The third-order valence-electron chi connectivity index (χ3n) is 4.38. The fraction of sp³-hybridized carbons (Fsp3) is 0. The van der Waals surface area contributed by atoms with Crippen LogP contribution in [0.25, 0.3) is 22.2 Å². The van der Waals surface area contributed by atoms with E-state index >= 15 is 0 Å². The minimum absolute atomic E-state index is 0.294. The largest absolute Gasteiger partial charge is 0.272 e. The molecule has 3 aromatic carbocycles. The molecule has 29 heavy (non-hydrogen) atoms. The molecule has 0 aliphatic carbocycles. The monoisotopic (exact) mass is 447 g/mol. The van der Waals surface area contributed by atoms with Gasteiger partial charge < -0.3 is 0 Å². The number of benzene rings is 3. The molecule has 142 valence electrons. The number of hydrogen-bond donors (Lipinski definition) is 1. The number of pyridine rings is 1. The zero-order chi connectivity index (χ0) is 20.2. The number of para-hydroxylation sites is 1. The van der Waals surface area contributed by atoms with Crippen LogP contribution in [0, 0.1) is 5.82 Å². The summed E-state index contributed by atoms with van der Waals surface area (Å²) in [6, 6.07) is 23.1. The summed E-state index contributed by atoms with van der Waals surface area (Å²) >= 11 is 3.42. The maximum atomic E-state index is 13.7. The van der Waals surface area contributed by atoms with E-state index in [1.165, 1.54) is 12.3 Å². The lowest BCUT2D eigenvalue weighted by Gasteiger charge is -2.09. The number of nitrogens with zero attached hydrogens (tertiary/aromatic N) is 2. The quantitative estimate of drug-likeness (QED) is 0.328. The highest BCUT2D eigenvalue weighted by Crippen LogP contribution is 2.26. The van der Waals surface area contributed by atoms with Gasteiger partial charge in [0.1, 0.15) is 5.82 Å². The second-order valence-corrected chi connectivity index (χ2v) is 7.22. The van der Waals surface area contributed by atoms with Crippen molar-refractivity contribution < 1.29 is 9.18 Å². The summed E-state index contributed by atoms with van der Waals surface area (Å²) in [5.74, 6) is -0.799. The topological polar surface area (TPSA) is 54.4 Å². The van der Waals surface area contributed by atoms with Gasteiger partial charge in [-0.15, -0.1) is 0 Å². The Morgan fingerprint density at radius 2 is 1.72 bits per heavy atom. The minimum Gasteiger partial charge on any atom is -0.267 e. The summed E-state index contributed by atoms with van der Waals surface area (Å²) < 4.78 is 14.7. The van der Waals surface area contributed by atoms with Crippen LogP contribution >= 0.6 is 15.9 Å². The first-order chi connectivity index (χ1) is 14.1. The van der Waals surface area contributed by atoms with Crippen LogP contribution < -0.4 is 5.43 Å². The molecule has 0 radical (unpaired) electrons. The zero-order valence-corrected chi connectivity index (χ0v) is 16.7. The van der Waals surface area contributed by atoms with Crippen LogP contribution in [0.3, 0.4) is 0 Å². The summed E-state index contributed by atoms with van der Waals surface area (Å²) in [6.07, 6.45) is 1.28. The van der Waals surface area contributed by atoms with Gasteiger partial charge in [-0.25, -0.2) is 14.8 Å². The lowest BCUT2D eigenvalue weighted by Crippen LogP contribution is -2.18. The van der Waals surface area contributed by atoms with Gasteiger partial charge >= 0.3 is 0 Å². The van der Waals surface area contributed by atoms with Gasteiger partial charge in [0, 0.05) is 21.0 Å². The van der Waals surface area contributed by atoms with Gasteiger partial charge in [-0.1, -0.05) is 64.5 Å². The smallest absolute Gasteiger partial charge is 0.267 e. The molecule has 0 atom stereocenters. The van der Waals surface area contributed by atoms with Crippen LogP contribution in [0.2, 0.25) is 0 Å². The fourth-order valence-electron chi connectivity index (χ4n) is 2.93. The molecule has 0 bridgehead atoms. The second kappa shape index (κ2) is 8.32. The van der Waals surface area contributed by atoms with Gasteiger partial charge in [0.2, 0.25) is 0 Å². The third kappa shape index (κ3) is 4.22. The molecule has 0 saturated heterocycles. The van der Waals surface area contributed by atoms with Crippen molar-refractivity contribution in [2.75, 3.05) is 0 Å². The standard InChI is InChI=1S/C23H15BrFN3O/c24-17-11-9-15(10-12-17)22-13-19(18-6-2-4-8-21(18)27-22)23(29)28-26-14-16-5-1-3-7-20(16)25/h1-14H,(H,28,29). The molecule has 0 aliphatic rings. The predicted octanol–water partition coefficient (Wildman–Crippen LogP) is 5.57. The molecule has 0 aliphatic heterocycles. The van der Waals surface area contributed by atoms with Crippen LogP contribution in [0.15, 0.2) is 88.4 Å². The summed E-state index contributed by atoms with van der Waals surface area (Å²) in [4.78, 5) is 17.5. The Kier molecular flexibility index (Phi) is 5.44. The Hall–Kier alpha value is -3.38. The van der Waals surface area contributed by atoms with Crippen molar-refractivity contribution in [1.82, 2.24) is 10.4 Å². The Balaban J connectivity index is 1.69. The van der Waals surface area contributed by atoms with Crippen molar-refractivity contribution in [1.29, 1.82) is 0 Å². The number of fused-ring (bicyclic) bond motifs is 1. The van der Waals surface area contributed by atoms with E-state index in [1.54, 1.807) is 24.3 Å². The van der Waals surface area contributed by atoms with Gasteiger partial charge in [-0.2, -0.15) is 5.10 Å². The number of aromatic nitrogens is 1. The van der Waals surface area contributed by atoms with E-state index in [1.807, 2.05) is 48.5 Å². The molecule has 0 fully saturated rings. The van der Waals surface area contributed by atoms with Gasteiger partial charge in [-0.05, 0) is 30.3 Å². The highest BCUT2D eigenvalue weighted by molar-refractivity contribution is 9.10. The molecule has 4 aromatic rings. The van der Waals surface area contributed by atoms with Crippen LogP contribution in [0.5, 0.6) is 0 Å². The molecule has 0 spiro atoms. The molecule has 1 aromatic heterocycles. The average molecular weight is 448 g/mol. The minimum atomic E-state index is -0.405. The third-order valence-corrected chi connectivity index (χ3v) is 4.90. The van der Waals surface area contributed by atoms with E-state index < -0.39 is 11.7 Å². The number of rotatable bonds is 4. The number of carbonyl (C=O) groups excluding carboxylic acids is 1. The van der Waals surface area contributed by atoms with E-state index in [4.69, 9.17) is 0 Å². The molecule has 0 unspecified atom stereocenters. The fourth-order valence-corrected chi connectivity index (χ4v) is 3.20. The van der Waals surface area contributed by atoms with Crippen molar-refractivity contribution >= 4 is 39.0 Å². The first-order valence-electron chi connectivity index (χ1n) is 8.85. The van der Waals surface area contributed by atoms with Gasteiger partial charge in [0.05, 0.1) is 23.0 Å². The molecule has 4 rings (SSSR count). The van der Waals surface area contributed by atoms with Crippen LogP contribution in [-0.2, 0) is 0 Å². The molecule has 1 amide bonds. The lowest BCUT2D eigenvalue weighted by molar-refractivity contribution is 0.0956. The van der Waals surface area contributed by atoms with Crippen LogP contribution in [0.1, 0.15) is 15.9 Å². The zero-order valence-electron chi connectivity index (χ0n) is 15.1. The maximum absolute atomic E-state index is 13.7. The molecule has 4 nitrogen and oxygen atoms in total. The number of carbonyl (C=O) groups is 1. The van der Waals surface area contributed by atoms with E-state index in [0.717, 1.165) is 10.0 Å². The average Bonchev–Trinajstić information content (AvgIpc) is 2.74. The second-order valence-electron chi connectivity index (χ2n) is 6.30. The Morgan fingerprint density at radius 1 is 1.00 bits per heavy atom. The van der Waals surface area contributed by atoms with E-state index in [-0.39, 0.29) is 0 Å². The number of hydrazone groups is 1. The number of amides is 1. The highest BCUT2D eigenvalue weighted by atomic mass is 79.9. The van der Waals surface area contributed by atoms with Gasteiger partial charge in [0.25, 0.3) is 5.91 Å². The Bertz CT molecular complexity index is 1220. The van der Waals surface area contributed by atoms with Gasteiger partial charge in [0.15, 0.2) is 0 Å². The first kappa shape index (κ1) is 19.0. The van der Waals surface area contributed by atoms with E-state index in [9.17, 15) is 9.18 Å². The molecule has 1 N–H and O–H groups in total. The van der Waals surface area contributed by atoms with Crippen molar-refractivity contribution in [3.05, 3.63) is 100 Å². The summed E-state index contributed by atoms with van der Waals surface area (Å²) in [6.45, 7) is 0. The SMILES string of the molecule is O=C(NN=Cc1ccccc1F)c1cc(-c2ccc(Br)cc2)nc2ccccc12.